The summed E-state index contributed by atoms with van der Waals surface area (Å²) in [6.45, 7) is 2.07. The van der Waals surface area contributed by atoms with Crippen molar-refractivity contribution in [3.8, 4) is 5.75 Å². The highest BCUT2D eigenvalue weighted by molar-refractivity contribution is 6.00. The molecule has 0 heterocycles. The van der Waals surface area contributed by atoms with Gasteiger partial charge in [-0.3, -0.25) is 9.59 Å². The molecule has 0 spiro atoms. The molecule has 0 aliphatic heterocycles. The quantitative estimate of drug-likeness (QED) is 0.269. The Bertz CT molecular complexity index is 1080. The first-order valence-electron chi connectivity index (χ1n) is 10.8. The predicted molar refractivity (Wildman–Crippen MR) is 125 cm³/mol. The van der Waals surface area contributed by atoms with Gasteiger partial charge >= 0.3 is 5.97 Å². The van der Waals surface area contributed by atoms with Crippen molar-refractivity contribution < 1.29 is 23.9 Å². The molecule has 170 valence electrons. The van der Waals surface area contributed by atoms with Gasteiger partial charge in [-0.1, -0.05) is 66.7 Å². The minimum Gasteiger partial charge on any atom is -0.488 e. The standard InChI is InChI=1S/C27H27NO5/c1-20(29)28-17-7-10-21-13-15-23(16-14-21)25(30)19-33-27(31)24-11-5-6-12-26(24)32-18-22-8-3-2-4-9-22/h2-6,8-9,11-16H,7,10,17-19H2,1H3,(H,28,29). The van der Waals surface area contributed by atoms with E-state index in [1.807, 2.05) is 42.5 Å². The van der Waals surface area contributed by atoms with Gasteiger partial charge in [-0.15, -0.1) is 0 Å². The normalized spacial score (nSPS) is 10.3. The number of esters is 1. The van der Waals surface area contributed by atoms with Crippen LogP contribution in [0.25, 0.3) is 0 Å². The van der Waals surface area contributed by atoms with Crippen molar-refractivity contribution in [2.24, 2.45) is 0 Å². The van der Waals surface area contributed by atoms with E-state index in [-0.39, 0.29) is 23.9 Å². The highest BCUT2D eigenvalue weighted by atomic mass is 16.5. The van der Waals surface area contributed by atoms with Crippen LogP contribution in [0, 0.1) is 0 Å². The first-order valence-corrected chi connectivity index (χ1v) is 10.8. The van der Waals surface area contributed by atoms with Crippen LogP contribution in [0.3, 0.4) is 0 Å². The van der Waals surface area contributed by atoms with Gasteiger partial charge in [0.05, 0.1) is 0 Å². The van der Waals surface area contributed by atoms with Gasteiger partial charge in [0, 0.05) is 19.0 Å². The van der Waals surface area contributed by atoms with E-state index in [9.17, 15) is 14.4 Å². The van der Waals surface area contributed by atoms with Crippen molar-refractivity contribution in [2.75, 3.05) is 13.2 Å². The molecule has 0 aliphatic carbocycles. The average Bonchev–Trinajstić information content (AvgIpc) is 2.85. The molecule has 0 aromatic heterocycles. The summed E-state index contributed by atoms with van der Waals surface area (Å²) in [4.78, 5) is 35.9. The van der Waals surface area contributed by atoms with E-state index in [1.54, 1.807) is 36.4 Å². The number of aryl methyl sites for hydroxylation is 1. The van der Waals surface area contributed by atoms with Crippen LogP contribution in [-0.4, -0.2) is 30.8 Å². The number of hydrogen-bond acceptors (Lipinski definition) is 5. The summed E-state index contributed by atoms with van der Waals surface area (Å²) < 4.78 is 11.1. The number of ether oxygens (including phenoxy) is 2. The van der Waals surface area contributed by atoms with Crippen molar-refractivity contribution in [1.82, 2.24) is 5.32 Å². The molecule has 0 aliphatic rings. The van der Waals surface area contributed by atoms with Crippen LogP contribution in [0.2, 0.25) is 0 Å². The fourth-order valence-electron chi connectivity index (χ4n) is 3.20. The second-order valence-electron chi connectivity index (χ2n) is 7.55. The molecular weight excluding hydrogens is 418 g/mol. The molecule has 0 fully saturated rings. The molecule has 0 unspecified atom stereocenters. The molecule has 3 rings (SSSR count). The lowest BCUT2D eigenvalue weighted by Gasteiger charge is -2.11. The second kappa shape index (κ2) is 12.2. The molecule has 6 heteroatoms. The van der Waals surface area contributed by atoms with Crippen LogP contribution in [0.1, 0.15) is 45.2 Å². The maximum Gasteiger partial charge on any atom is 0.342 e. The van der Waals surface area contributed by atoms with E-state index in [0.29, 0.717) is 24.5 Å². The Morgan fingerprint density at radius 2 is 1.52 bits per heavy atom. The zero-order valence-electron chi connectivity index (χ0n) is 18.6. The average molecular weight is 446 g/mol. The molecule has 0 saturated carbocycles. The third-order valence-corrected chi connectivity index (χ3v) is 4.97. The Labute approximate surface area is 193 Å². The Hall–Kier alpha value is -3.93. The van der Waals surface area contributed by atoms with Crippen molar-refractivity contribution in [1.29, 1.82) is 0 Å². The van der Waals surface area contributed by atoms with Gasteiger partial charge in [0.1, 0.15) is 17.9 Å². The molecule has 6 nitrogen and oxygen atoms in total. The highest BCUT2D eigenvalue weighted by Crippen LogP contribution is 2.20. The molecule has 3 aromatic carbocycles. The molecule has 3 aromatic rings. The lowest BCUT2D eigenvalue weighted by molar-refractivity contribution is -0.118. The molecule has 1 N–H and O–H groups in total. The Kier molecular flexibility index (Phi) is 8.77. The lowest BCUT2D eigenvalue weighted by Crippen LogP contribution is -2.21. The summed E-state index contributed by atoms with van der Waals surface area (Å²) in [6, 6.07) is 23.6. The van der Waals surface area contributed by atoms with Gasteiger partial charge in [0.2, 0.25) is 5.91 Å². The van der Waals surface area contributed by atoms with E-state index in [2.05, 4.69) is 5.32 Å². The summed E-state index contributed by atoms with van der Waals surface area (Å²) in [7, 11) is 0. The number of Topliss-reactive ketones (excluding diaryl/α,β-unsaturated/α-hetero) is 1. The van der Waals surface area contributed by atoms with Crippen LogP contribution < -0.4 is 10.1 Å². The molecule has 33 heavy (non-hydrogen) atoms. The highest BCUT2D eigenvalue weighted by Gasteiger charge is 2.16. The molecule has 0 bridgehead atoms. The van der Waals surface area contributed by atoms with Crippen LogP contribution >= 0.6 is 0 Å². The van der Waals surface area contributed by atoms with E-state index in [1.165, 1.54) is 6.92 Å². The fraction of sp³-hybridized carbons (Fsp3) is 0.222. The largest absolute Gasteiger partial charge is 0.488 e. The van der Waals surface area contributed by atoms with E-state index in [4.69, 9.17) is 9.47 Å². The molecule has 0 saturated heterocycles. The summed E-state index contributed by atoms with van der Waals surface area (Å²) in [5.41, 5.74) is 2.80. The number of para-hydroxylation sites is 1. The third-order valence-electron chi connectivity index (χ3n) is 4.97. The van der Waals surface area contributed by atoms with Gasteiger partial charge in [0.15, 0.2) is 12.4 Å². The van der Waals surface area contributed by atoms with E-state index < -0.39 is 5.97 Å². The maximum atomic E-state index is 12.6. The SMILES string of the molecule is CC(=O)NCCCc1ccc(C(=O)COC(=O)c2ccccc2OCc2ccccc2)cc1. The number of amides is 1. The summed E-state index contributed by atoms with van der Waals surface area (Å²) in [6.07, 6.45) is 1.61. The van der Waals surface area contributed by atoms with Crippen LogP contribution in [0.4, 0.5) is 0 Å². The number of nitrogens with one attached hydrogen (secondary N) is 1. The summed E-state index contributed by atoms with van der Waals surface area (Å²) >= 11 is 0. The fourth-order valence-corrected chi connectivity index (χ4v) is 3.20. The van der Waals surface area contributed by atoms with Gasteiger partial charge < -0.3 is 14.8 Å². The van der Waals surface area contributed by atoms with E-state index >= 15 is 0 Å². The van der Waals surface area contributed by atoms with Crippen molar-refractivity contribution in [3.05, 3.63) is 101 Å². The molecule has 0 atom stereocenters. The van der Waals surface area contributed by atoms with E-state index in [0.717, 1.165) is 24.0 Å². The van der Waals surface area contributed by atoms with Gasteiger partial charge in [-0.25, -0.2) is 4.79 Å². The summed E-state index contributed by atoms with van der Waals surface area (Å²) in [5, 5.41) is 2.76. The van der Waals surface area contributed by atoms with Crippen LogP contribution in [0.5, 0.6) is 5.75 Å². The number of carbonyl (C=O) groups is 3. The number of benzene rings is 3. The first kappa shape index (κ1) is 23.7. The zero-order chi connectivity index (χ0) is 23.5. The van der Waals surface area contributed by atoms with Crippen molar-refractivity contribution in [3.63, 3.8) is 0 Å². The number of rotatable bonds is 11. The van der Waals surface area contributed by atoms with Gasteiger partial charge in [-0.05, 0) is 36.1 Å². The van der Waals surface area contributed by atoms with Crippen LogP contribution in [-0.2, 0) is 22.6 Å². The minimum absolute atomic E-state index is 0.0455. The first-order chi connectivity index (χ1) is 16.0. The summed E-state index contributed by atoms with van der Waals surface area (Å²) in [5.74, 6) is -0.532. The smallest absolute Gasteiger partial charge is 0.342 e. The molecule has 0 radical (unpaired) electrons. The Morgan fingerprint density at radius 3 is 2.24 bits per heavy atom. The van der Waals surface area contributed by atoms with Crippen molar-refractivity contribution in [2.45, 2.75) is 26.4 Å². The van der Waals surface area contributed by atoms with Crippen molar-refractivity contribution >= 4 is 17.7 Å². The topological polar surface area (TPSA) is 81.7 Å². The minimum atomic E-state index is -0.610. The van der Waals surface area contributed by atoms with Crippen LogP contribution in [0.15, 0.2) is 78.9 Å². The molecule has 1 amide bonds. The number of hydrogen-bond donors (Lipinski definition) is 1. The lowest BCUT2D eigenvalue weighted by atomic mass is 10.1. The van der Waals surface area contributed by atoms with Gasteiger partial charge in [-0.2, -0.15) is 0 Å². The zero-order valence-corrected chi connectivity index (χ0v) is 18.6. The monoisotopic (exact) mass is 445 g/mol. The number of carbonyl (C=O) groups excluding carboxylic acids is 3. The third kappa shape index (κ3) is 7.61. The Balaban J connectivity index is 1.51. The molecular formula is C27H27NO5. The second-order valence-corrected chi connectivity index (χ2v) is 7.55. The van der Waals surface area contributed by atoms with Gasteiger partial charge in [0.25, 0.3) is 0 Å². The maximum absolute atomic E-state index is 12.6. The predicted octanol–water partition coefficient (Wildman–Crippen LogP) is 4.37. The Morgan fingerprint density at radius 1 is 0.818 bits per heavy atom. The number of ketones is 1.